The molecule has 0 radical (unpaired) electrons. The zero-order chi connectivity index (χ0) is 20.3. The van der Waals surface area contributed by atoms with Crippen LogP contribution in [0.5, 0.6) is 5.75 Å². The maximum absolute atomic E-state index is 13.7. The van der Waals surface area contributed by atoms with Gasteiger partial charge in [-0.1, -0.05) is 0 Å². The van der Waals surface area contributed by atoms with Crippen molar-refractivity contribution >= 4 is 42.5 Å². The summed E-state index contributed by atoms with van der Waals surface area (Å²) in [5.74, 6) is 1.38. The van der Waals surface area contributed by atoms with Gasteiger partial charge in [0.2, 0.25) is 0 Å². The fourth-order valence-corrected chi connectivity index (χ4v) is 7.51. The fourth-order valence-electron chi connectivity index (χ4n) is 3.14. The van der Waals surface area contributed by atoms with Crippen molar-refractivity contribution in [3.8, 4) is 5.75 Å². The Morgan fingerprint density at radius 3 is 2.31 bits per heavy atom. The van der Waals surface area contributed by atoms with E-state index in [0.29, 0.717) is 17.7 Å². The topological polar surface area (TPSA) is 44.8 Å². The Labute approximate surface area is 177 Å². The monoisotopic (exact) mass is 472 g/mol. The molecule has 0 saturated heterocycles. The number of ether oxygens (including phenoxy) is 1. The molecule has 148 valence electrons. The molecule has 4 nitrogen and oxygen atoms in total. The first-order chi connectivity index (χ1) is 14.1. The van der Waals surface area contributed by atoms with Gasteiger partial charge in [-0.25, -0.2) is 0 Å². The second kappa shape index (κ2) is 8.61. The summed E-state index contributed by atoms with van der Waals surface area (Å²) in [5.41, 5.74) is 1.79. The summed E-state index contributed by atoms with van der Waals surface area (Å²) in [6.07, 6.45) is 0. The van der Waals surface area contributed by atoms with Gasteiger partial charge >= 0.3 is 177 Å². The number of hydrogen-bond donors (Lipinski definition) is 0. The van der Waals surface area contributed by atoms with Crippen molar-refractivity contribution in [1.82, 2.24) is 0 Å². The van der Waals surface area contributed by atoms with E-state index >= 15 is 0 Å². The molecule has 3 aromatic rings. The number of rotatable bonds is 6. The van der Waals surface area contributed by atoms with E-state index in [1.165, 1.54) is 4.46 Å². The van der Waals surface area contributed by atoms with E-state index < -0.39 is 7.60 Å². The van der Waals surface area contributed by atoms with Crippen LogP contribution >= 0.6 is 7.60 Å². The molecule has 1 unspecified atom stereocenters. The Hall–Kier alpha value is -2.29. The van der Waals surface area contributed by atoms with Crippen molar-refractivity contribution in [2.75, 3.05) is 13.7 Å². The van der Waals surface area contributed by atoms with Crippen molar-refractivity contribution in [3.05, 3.63) is 90.0 Å². The summed E-state index contributed by atoms with van der Waals surface area (Å²) < 4.78 is 33.1. The van der Waals surface area contributed by atoms with Crippen LogP contribution in [0.3, 0.4) is 0 Å². The second-order valence-corrected chi connectivity index (χ2v) is 10.5. The summed E-state index contributed by atoms with van der Waals surface area (Å²) in [5, 5.41) is 0.631. The van der Waals surface area contributed by atoms with Gasteiger partial charge in [-0.05, 0) is 0 Å². The Kier molecular flexibility index (Phi) is 5.94. The molecule has 0 aliphatic carbocycles. The number of benzene rings is 3. The minimum absolute atomic E-state index is 0.0376. The van der Waals surface area contributed by atoms with E-state index in [0.717, 1.165) is 21.3 Å². The van der Waals surface area contributed by atoms with Gasteiger partial charge in [-0.2, -0.15) is 0 Å². The first-order valence-corrected chi connectivity index (χ1v) is 12.6. The van der Waals surface area contributed by atoms with E-state index in [1.807, 2.05) is 73.7 Å². The first kappa shape index (κ1) is 20.0. The van der Waals surface area contributed by atoms with Crippen LogP contribution in [-0.4, -0.2) is 28.7 Å². The molecule has 3 aromatic carbocycles. The van der Waals surface area contributed by atoms with Gasteiger partial charge in [0.15, 0.2) is 0 Å². The molecular weight excluding hydrogens is 450 g/mol. The second-order valence-electron chi connectivity index (χ2n) is 6.33. The SMILES string of the molecule is CCOP1(=O)OC(c2ccc(OC)cc2)=C([Se]c2ccccc2)c2ccccc21. The molecule has 0 fully saturated rings. The van der Waals surface area contributed by atoms with Gasteiger partial charge < -0.3 is 0 Å². The first-order valence-electron chi connectivity index (χ1n) is 9.30. The molecular formula is C23H21O4PSe. The Morgan fingerprint density at radius 1 is 0.931 bits per heavy atom. The van der Waals surface area contributed by atoms with E-state index in [1.54, 1.807) is 7.11 Å². The third kappa shape index (κ3) is 4.05. The number of hydrogen-bond acceptors (Lipinski definition) is 4. The molecule has 4 rings (SSSR count). The van der Waals surface area contributed by atoms with Crippen LogP contribution in [0, 0.1) is 0 Å². The van der Waals surface area contributed by atoms with Crippen LogP contribution in [0.1, 0.15) is 18.1 Å². The Bertz CT molecular complexity index is 1080. The molecule has 0 bridgehead atoms. The predicted octanol–water partition coefficient (Wildman–Crippen LogP) is 4.44. The summed E-state index contributed by atoms with van der Waals surface area (Å²) in [6.45, 7) is 2.13. The molecule has 1 aliphatic heterocycles. The van der Waals surface area contributed by atoms with Crippen molar-refractivity contribution < 1.29 is 18.3 Å². The maximum atomic E-state index is 13.7. The molecule has 1 atom stereocenters. The summed E-state index contributed by atoms with van der Waals surface area (Å²) in [7, 11) is -1.83. The van der Waals surface area contributed by atoms with Crippen LogP contribution in [0.2, 0.25) is 0 Å². The Balaban J connectivity index is 1.91. The standard InChI is InChI=1S/C23H21O4PSe/c1-3-26-28(24)21-12-8-7-11-20(21)23(29-19-9-5-4-6-10-19)22(27-28)17-13-15-18(25-2)16-14-17/h4-16H,3H2,1-2H3. The van der Waals surface area contributed by atoms with Gasteiger partial charge in [0.1, 0.15) is 0 Å². The van der Waals surface area contributed by atoms with Crippen LogP contribution in [0.25, 0.3) is 10.2 Å². The average molecular weight is 471 g/mol. The molecule has 0 saturated carbocycles. The van der Waals surface area contributed by atoms with Crippen molar-refractivity contribution in [1.29, 1.82) is 0 Å². The Morgan fingerprint density at radius 2 is 1.62 bits per heavy atom. The van der Waals surface area contributed by atoms with E-state index in [-0.39, 0.29) is 15.0 Å². The van der Waals surface area contributed by atoms with Gasteiger partial charge in [0.25, 0.3) is 0 Å². The van der Waals surface area contributed by atoms with Crippen LogP contribution in [0.4, 0.5) is 0 Å². The molecule has 1 aliphatic rings. The van der Waals surface area contributed by atoms with Gasteiger partial charge in [-0.3, -0.25) is 0 Å². The van der Waals surface area contributed by atoms with E-state index in [2.05, 4.69) is 12.1 Å². The molecule has 1 heterocycles. The fraction of sp³-hybridized carbons (Fsp3) is 0.130. The minimum atomic E-state index is -3.47. The van der Waals surface area contributed by atoms with Crippen LogP contribution < -0.4 is 14.5 Å². The molecule has 6 heteroatoms. The van der Waals surface area contributed by atoms with E-state index in [4.69, 9.17) is 13.8 Å². The van der Waals surface area contributed by atoms with Crippen molar-refractivity contribution in [2.45, 2.75) is 6.92 Å². The molecule has 0 aromatic heterocycles. The normalized spacial score (nSPS) is 18.1. The van der Waals surface area contributed by atoms with Crippen LogP contribution in [0.15, 0.2) is 78.9 Å². The summed E-state index contributed by atoms with van der Waals surface area (Å²) in [4.78, 5) is 0. The summed E-state index contributed by atoms with van der Waals surface area (Å²) in [6, 6.07) is 25.6. The molecule has 0 amide bonds. The van der Waals surface area contributed by atoms with Crippen molar-refractivity contribution in [3.63, 3.8) is 0 Å². The zero-order valence-electron chi connectivity index (χ0n) is 16.2. The van der Waals surface area contributed by atoms with Gasteiger partial charge in [0, 0.05) is 0 Å². The number of fused-ring (bicyclic) bond motifs is 1. The van der Waals surface area contributed by atoms with Crippen LogP contribution in [-0.2, 0) is 13.6 Å². The molecule has 0 N–H and O–H groups in total. The third-order valence-electron chi connectivity index (χ3n) is 4.48. The third-order valence-corrected chi connectivity index (χ3v) is 8.82. The van der Waals surface area contributed by atoms with Gasteiger partial charge in [-0.15, -0.1) is 0 Å². The van der Waals surface area contributed by atoms with E-state index in [9.17, 15) is 4.57 Å². The average Bonchev–Trinajstić information content (AvgIpc) is 2.77. The van der Waals surface area contributed by atoms with Gasteiger partial charge in [0.05, 0.1) is 0 Å². The summed E-state index contributed by atoms with van der Waals surface area (Å²) >= 11 is -0.0376. The zero-order valence-corrected chi connectivity index (χ0v) is 18.8. The van der Waals surface area contributed by atoms with Crippen molar-refractivity contribution in [2.24, 2.45) is 0 Å². The molecule has 0 spiro atoms. The molecule has 29 heavy (non-hydrogen) atoms. The number of methoxy groups -OCH3 is 1. The predicted molar refractivity (Wildman–Crippen MR) is 118 cm³/mol. The quantitative estimate of drug-likeness (QED) is 0.394.